The highest BCUT2D eigenvalue weighted by molar-refractivity contribution is 6.05. The molecule has 0 saturated heterocycles. The fraction of sp³-hybridized carbons (Fsp3) is 0.565. The van der Waals surface area contributed by atoms with Crippen molar-refractivity contribution < 1.29 is 33.4 Å². The lowest BCUT2D eigenvalue weighted by molar-refractivity contribution is -0.152. The molecule has 168 valence electrons. The maximum atomic E-state index is 12.7. The largest absolute Gasteiger partial charge is 0.482 e. The average Bonchev–Trinajstić information content (AvgIpc) is 2.77. The molecule has 1 aromatic rings. The van der Waals surface area contributed by atoms with Crippen LogP contribution in [0.2, 0.25) is 0 Å². The zero-order valence-corrected chi connectivity index (χ0v) is 18.1. The Kier molecular flexibility index (Phi) is 7.65. The Morgan fingerprint density at radius 3 is 2.61 bits per heavy atom. The molecule has 1 unspecified atom stereocenters. The first-order valence-corrected chi connectivity index (χ1v) is 10.9. The summed E-state index contributed by atoms with van der Waals surface area (Å²) in [6, 6.07) is 3.88. The van der Waals surface area contributed by atoms with E-state index in [2.05, 4.69) is 0 Å². The Morgan fingerprint density at radius 1 is 1.16 bits per heavy atom. The number of rotatable bonds is 8. The molecule has 0 bridgehead atoms. The molecule has 1 saturated carbocycles. The third-order valence-electron chi connectivity index (χ3n) is 5.59. The Labute approximate surface area is 181 Å². The fourth-order valence-corrected chi connectivity index (χ4v) is 3.91. The minimum Gasteiger partial charge on any atom is -0.482 e. The number of Topliss-reactive ketones (excluding diaryl/α,β-unsaturated/α-hetero) is 1. The molecular formula is C23H29NO7. The first-order chi connectivity index (χ1) is 14.9. The zero-order chi connectivity index (χ0) is 22.4. The van der Waals surface area contributed by atoms with Gasteiger partial charge in [-0.2, -0.15) is 0 Å². The van der Waals surface area contributed by atoms with Crippen LogP contribution in [0, 0.1) is 0 Å². The predicted octanol–water partition coefficient (Wildman–Crippen LogP) is 3.20. The third-order valence-corrected chi connectivity index (χ3v) is 5.59. The number of carbonyl (C=O) groups is 4. The number of fused-ring (bicyclic) bond motifs is 1. The number of ether oxygens (including phenoxy) is 3. The van der Waals surface area contributed by atoms with E-state index in [1.165, 1.54) is 11.0 Å². The SMILES string of the molecule is CCOC(=O)CCC(=O)c1ccc2c(c1)N(C(C)C(=O)OC1CCCCC1)C(=O)CO2. The van der Waals surface area contributed by atoms with E-state index in [4.69, 9.17) is 14.2 Å². The van der Waals surface area contributed by atoms with Gasteiger partial charge < -0.3 is 14.2 Å². The second-order valence-corrected chi connectivity index (χ2v) is 7.84. The van der Waals surface area contributed by atoms with Crippen LogP contribution < -0.4 is 9.64 Å². The van der Waals surface area contributed by atoms with Gasteiger partial charge in [-0.1, -0.05) is 6.42 Å². The van der Waals surface area contributed by atoms with Crippen LogP contribution in [-0.4, -0.2) is 49.0 Å². The first-order valence-electron chi connectivity index (χ1n) is 10.9. The quantitative estimate of drug-likeness (QED) is 0.460. The number of ketones is 1. The summed E-state index contributed by atoms with van der Waals surface area (Å²) in [6.45, 7) is 3.39. The fourth-order valence-electron chi connectivity index (χ4n) is 3.91. The van der Waals surface area contributed by atoms with Crippen molar-refractivity contribution >= 4 is 29.3 Å². The van der Waals surface area contributed by atoms with Crippen molar-refractivity contribution in [2.75, 3.05) is 18.1 Å². The molecule has 0 spiro atoms. The summed E-state index contributed by atoms with van der Waals surface area (Å²) in [7, 11) is 0. The number of esters is 2. The standard InChI is InChI=1S/C23H29NO7/c1-3-29-22(27)12-10-19(25)16-9-11-20-18(13-16)24(21(26)14-30-20)15(2)23(28)31-17-7-5-4-6-8-17/h9,11,13,15,17H,3-8,10,12,14H2,1-2H3. The van der Waals surface area contributed by atoms with Crippen LogP contribution in [0.15, 0.2) is 18.2 Å². The van der Waals surface area contributed by atoms with Crippen molar-refractivity contribution in [3.05, 3.63) is 23.8 Å². The van der Waals surface area contributed by atoms with E-state index in [0.29, 0.717) is 17.0 Å². The van der Waals surface area contributed by atoms with Crippen LogP contribution >= 0.6 is 0 Å². The van der Waals surface area contributed by atoms with E-state index >= 15 is 0 Å². The number of hydrogen-bond acceptors (Lipinski definition) is 7. The van der Waals surface area contributed by atoms with E-state index in [0.717, 1.165) is 32.1 Å². The molecule has 1 amide bonds. The number of benzene rings is 1. The normalized spacial score (nSPS) is 17.4. The Bertz CT molecular complexity index is 844. The van der Waals surface area contributed by atoms with Gasteiger partial charge in [0.05, 0.1) is 18.7 Å². The lowest BCUT2D eigenvalue weighted by atomic mass is 9.98. The molecule has 0 radical (unpaired) electrons. The summed E-state index contributed by atoms with van der Waals surface area (Å²) < 4.78 is 16.0. The van der Waals surface area contributed by atoms with Gasteiger partial charge in [-0.25, -0.2) is 4.79 Å². The van der Waals surface area contributed by atoms with Crippen molar-refractivity contribution in [1.29, 1.82) is 0 Å². The number of amides is 1. The Balaban J connectivity index is 1.75. The molecule has 1 aliphatic heterocycles. The van der Waals surface area contributed by atoms with Gasteiger partial charge in [-0.05, 0) is 57.7 Å². The average molecular weight is 431 g/mol. The van der Waals surface area contributed by atoms with Gasteiger partial charge in [0.25, 0.3) is 5.91 Å². The lowest BCUT2D eigenvalue weighted by Gasteiger charge is -2.34. The van der Waals surface area contributed by atoms with Crippen molar-refractivity contribution in [1.82, 2.24) is 0 Å². The van der Waals surface area contributed by atoms with Crippen molar-refractivity contribution in [2.24, 2.45) is 0 Å². The first kappa shape index (κ1) is 22.8. The molecular weight excluding hydrogens is 402 g/mol. The summed E-state index contributed by atoms with van der Waals surface area (Å²) >= 11 is 0. The van der Waals surface area contributed by atoms with Gasteiger partial charge in [0, 0.05) is 12.0 Å². The molecule has 1 aliphatic carbocycles. The van der Waals surface area contributed by atoms with Crippen LogP contribution in [0.5, 0.6) is 5.75 Å². The summed E-state index contributed by atoms with van der Waals surface area (Å²) in [5.74, 6) is -1.12. The molecule has 8 nitrogen and oxygen atoms in total. The molecule has 0 aromatic heterocycles. The minimum atomic E-state index is -0.845. The highest BCUT2D eigenvalue weighted by Gasteiger charge is 2.35. The molecule has 1 heterocycles. The number of hydrogen-bond donors (Lipinski definition) is 0. The van der Waals surface area contributed by atoms with Gasteiger partial charge in [-0.3, -0.25) is 19.3 Å². The molecule has 8 heteroatoms. The molecule has 1 fully saturated rings. The van der Waals surface area contributed by atoms with Crippen LogP contribution in [0.3, 0.4) is 0 Å². The van der Waals surface area contributed by atoms with Gasteiger partial charge in [-0.15, -0.1) is 0 Å². The molecule has 0 N–H and O–H groups in total. The van der Waals surface area contributed by atoms with E-state index in [1.807, 2.05) is 0 Å². The Hall–Kier alpha value is -2.90. The van der Waals surface area contributed by atoms with Gasteiger partial charge in [0.2, 0.25) is 0 Å². The van der Waals surface area contributed by atoms with Crippen LogP contribution in [0.1, 0.15) is 69.2 Å². The van der Waals surface area contributed by atoms with Crippen molar-refractivity contribution in [3.8, 4) is 5.75 Å². The number of anilines is 1. The van der Waals surface area contributed by atoms with Gasteiger partial charge >= 0.3 is 11.9 Å². The third kappa shape index (κ3) is 5.62. The highest BCUT2D eigenvalue weighted by Crippen LogP contribution is 2.35. The van der Waals surface area contributed by atoms with Crippen LogP contribution in [0.25, 0.3) is 0 Å². The second-order valence-electron chi connectivity index (χ2n) is 7.84. The molecule has 2 aliphatic rings. The zero-order valence-electron chi connectivity index (χ0n) is 18.1. The van der Waals surface area contributed by atoms with E-state index in [-0.39, 0.29) is 43.8 Å². The molecule has 1 atom stereocenters. The smallest absolute Gasteiger partial charge is 0.329 e. The van der Waals surface area contributed by atoms with Crippen LogP contribution in [0.4, 0.5) is 5.69 Å². The van der Waals surface area contributed by atoms with E-state index in [9.17, 15) is 19.2 Å². The Morgan fingerprint density at radius 2 is 1.90 bits per heavy atom. The summed E-state index contributed by atoms with van der Waals surface area (Å²) in [5, 5.41) is 0. The van der Waals surface area contributed by atoms with Gasteiger partial charge in [0.1, 0.15) is 17.9 Å². The molecule has 31 heavy (non-hydrogen) atoms. The number of nitrogens with zero attached hydrogens (tertiary/aromatic N) is 1. The summed E-state index contributed by atoms with van der Waals surface area (Å²) in [4.78, 5) is 50.8. The lowest BCUT2D eigenvalue weighted by Crippen LogP contribution is -2.49. The molecule has 1 aromatic carbocycles. The minimum absolute atomic E-state index is 0.00824. The second kappa shape index (κ2) is 10.4. The maximum absolute atomic E-state index is 12.7. The van der Waals surface area contributed by atoms with Crippen molar-refractivity contribution in [2.45, 2.75) is 70.9 Å². The van der Waals surface area contributed by atoms with Crippen LogP contribution in [-0.2, 0) is 23.9 Å². The van der Waals surface area contributed by atoms with Crippen molar-refractivity contribution in [3.63, 3.8) is 0 Å². The predicted molar refractivity (Wildman–Crippen MR) is 112 cm³/mol. The molecule has 3 rings (SSSR count). The van der Waals surface area contributed by atoms with Gasteiger partial charge in [0.15, 0.2) is 12.4 Å². The maximum Gasteiger partial charge on any atom is 0.329 e. The highest BCUT2D eigenvalue weighted by atomic mass is 16.5. The topological polar surface area (TPSA) is 99.2 Å². The monoisotopic (exact) mass is 431 g/mol. The summed E-state index contributed by atoms with van der Waals surface area (Å²) in [6.07, 6.45) is 4.74. The van der Waals surface area contributed by atoms with E-state index < -0.39 is 18.0 Å². The number of carbonyl (C=O) groups excluding carboxylic acids is 4. The van der Waals surface area contributed by atoms with E-state index in [1.54, 1.807) is 26.0 Å². The summed E-state index contributed by atoms with van der Waals surface area (Å²) in [5.41, 5.74) is 0.686.